The van der Waals surface area contributed by atoms with Gasteiger partial charge in [-0.1, -0.05) is 44.6 Å². The summed E-state index contributed by atoms with van der Waals surface area (Å²) in [6.07, 6.45) is 1.71. The molecule has 0 aliphatic carbocycles. The van der Waals surface area contributed by atoms with Crippen molar-refractivity contribution in [3.8, 4) is 5.88 Å². The maximum Gasteiger partial charge on any atom is 0.232 e. The normalized spacial score (nSPS) is 10.5. The third-order valence-electron chi connectivity index (χ3n) is 2.80. The van der Waals surface area contributed by atoms with E-state index in [1.54, 1.807) is 20.2 Å². The van der Waals surface area contributed by atoms with Crippen molar-refractivity contribution in [2.24, 2.45) is 0 Å². The standard InChI is InChI=1S/C14H17ClN4OS.CH4/c1-7(2)12-10(5-9(15)14(19-12)20-4)21-11-6-17-8(3)18-13(11)16;/h5-7H,1-4H3,(H2,16,17,18);1H4. The molecule has 22 heavy (non-hydrogen) atoms. The number of rotatable bonds is 4. The van der Waals surface area contributed by atoms with Gasteiger partial charge in [0.15, 0.2) is 0 Å². The van der Waals surface area contributed by atoms with E-state index in [0.29, 0.717) is 22.5 Å². The summed E-state index contributed by atoms with van der Waals surface area (Å²) in [5.41, 5.74) is 6.84. The molecule has 2 heterocycles. The average Bonchev–Trinajstić information content (AvgIpc) is 2.41. The molecule has 2 aromatic rings. The molecule has 2 rings (SSSR count). The number of ether oxygens (including phenoxy) is 1. The van der Waals surface area contributed by atoms with Gasteiger partial charge in [-0.2, -0.15) is 0 Å². The van der Waals surface area contributed by atoms with Crippen LogP contribution in [0, 0.1) is 6.92 Å². The zero-order valence-electron chi connectivity index (χ0n) is 12.3. The van der Waals surface area contributed by atoms with Crippen LogP contribution in [0.3, 0.4) is 0 Å². The molecule has 0 spiro atoms. The molecule has 0 aliphatic rings. The zero-order chi connectivity index (χ0) is 15.6. The van der Waals surface area contributed by atoms with Crippen molar-refractivity contribution in [2.45, 2.75) is 43.9 Å². The maximum absolute atomic E-state index is 6.17. The van der Waals surface area contributed by atoms with Crippen LogP contribution in [0.15, 0.2) is 22.1 Å². The van der Waals surface area contributed by atoms with Gasteiger partial charge in [0.2, 0.25) is 5.88 Å². The Morgan fingerprint density at radius 2 is 1.95 bits per heavy atom. The van der Waals surface area contributed by atoms with E-state index in [2.05, 4.69) is 28.8 Å². The molecular formula is C15H21ClN4OS. The molecular weight excluding hydrogens is 320 g/mol. The van der Waals surface area contributed by atoms with Crippen LogP contribution in [0.5, 0.6) is 5.88 Å². The van der Waals surface area contributed by atoms with Crippen LogP contribution in [-0.2, 0) is 0 Å². The first-order chi connectivity index (χ1) is 9.92. The van der Waals surface area contributed by atoms with Crippen LogP contribution in [-0.4, -0.2) is 22.1 Å². The Labute approximate surface area is 140 Å². The molecule has 120 valence electrons. The van der Waals surface area contributed by atoms with E-state index < -0.39 is 0 Å². The molecule has 0 bridgehead atoms. The topological polar surface area (TPSA) is 73.9 Å². The highest BCUT2D eigenvalue weighted by molar-refractivity contribution is 7.99. The molecule has 0 amide bonds. The highest BCUT2D eigenvalue weighted by Crippen LogP contribution is 2.38. The summed E-state index contributed by atoms with van der Waals surface area (Å²) < 4.78 is 5.18. The van der Waals surface area contributed by atoms with Gasteiger partial charge in [0.25, 0.3) is 0 Å². The smallest absolute Gasteiger partial charge is 0.232 e. The number of nitrogen functional groups attached to an aromatic ring is 1. The molecule has 0 saturated heterocycles. The molecule has 2 N–H and O–H groups in total. The number of hydrogen-bond donors (Lipinski definition) is 1. The summed E-state index contributed by atoms with van der Waals surface area (Å²) >= 11 is 7.63. The molecule has 0 fully saturated rings. The van der Waals surface area contributed by atoms with Gasteiger partial charge in [-0.25, -0.2) is 15.0 Å². The Kier molecular flexibility index (Phi) is 6.44. The lowest BCUT2D eigenvalue weighted by Gasteiger charge is -2.14. The summed E-state index contributed by atoms with van der Waals surface area (Å²) in [5.74, 6) is 1.75. The molecule has 0 radical (unpaired) electrons. The third kappa shape index (κ3) is 4.01. The Hall–Kier alpha value is -1.53. The van der Waals surface area contributed by atoms with E-state index in [9.17, 15) is 0 Å². The molecule has 5 nitrogen and oxygen atoms in total. The number of aromatic nitrogens is 3. The second-order valence-electron chi connectivity index (χ2n) is 4.79. The number of halogens is 1. The molecule has 2 aromatic heterocycles. The fourth-order valence-electron chi connectivity index (χ4n) is 1.78. The molecule has 7 heteroatoms. The van der Waals surface area contributed by atoms with E-state index in [1.807, 2.05) is 6.07 Å². The Balaban J connectivity index is 0.00000242. The SMILES string of the molecule is C.COc1nc(C(C)C)c(Sc2cnc(C)nc2N)cc1Cl. The van der Waals surface area contributed by atoms with Crippen molar-refractivity contribution in [1.29, 1.82) is 0 Å². The lowest BCUT2D eigenvalue weighted by atomic mass is 10.1. The summed E-state index contributed by atoms with van der Waals surface area (Å²) in [6.45, 7) is 5.93. The van der Waals surface area contributed by atoms with E-state index in [-0.39, 0.29) is 13.3 Å². The number of aryl methyl sites for hydroxylation is 1. The van der Waals surface area contributed by atoms with E-state index >= 15 is 0 Å². The first-order valence-electron chi connectivity index (χ1n) is 6.43. The van der Waals surface area contributed by atoms with Crippen LogP contribution < -0.4 is 10.5 Å². The number of nitrogens with two attached hydrogens (primary N) is 1. The second kappa shape index (κ2) is 7.65. The largest absolute Gasteiger partial charge is 0.480 e. The van der Waals surface area contributed by atoms with Crippen LogP contribution in [0.25, 0.3) is 0 Å². The second-order valence-corrected chi connectivity index (χ2v) is 6.28. The molecule has 0 unspecified atom stereocenters. The summed E-state index contributed by atoms with van der Waals surface area (Å²) in [7, 11) is 1.55. The zero-order valence-corrected chi connectivity index (χ0v) is 13.9. The predicted molar refractivity (Wildman–Crippen MR) is 91.9 cm³/mol. The lowest BCUT2D eigenvalue weighted by molar-refractivity contribution is 0.395. The highest BCUT2D eigenvalue weighted by atomic mass is 35.5. The predicted octanol–water partition coefficient (Wildman–Crippen LogP) is 4.33. The van der Waals surface area contributed by atoms with Gasteiger partial charge < -0.3 is 10.5 Å². The van der Waals surface area contributed by atoms with Gasteiger partial charge in [-0.15, -0.1) is 0 Å². The summed E-state index contributed by atoms with van der Waals surface area (Å²) in [6, 6.07) is 1.84. The number of methoxy groups -OCH3 is 1. The van der Waals surface area contributed by atoms with Crippen molar-refractivity contribution in [1.82, 2.24) is 15.0 Å². The van der Waals surface area contributed by atoms with Crippen molar-refractivity contribution in [2.75, 3.05) is 12.8 Å². The fraction of sp³-hybridized carbons (Fsp3) is 0.400. The summed E-state index contributed by atoms with van der Waals surface area (Å²) in [5, 5.41) is 0.469. The van der Waals surface area contributed by atoms with Crippen LogP contribution in [0.2, 0.25) is 5.02 Å². The van der Waals surface area contributed by atoms with Gasteiger partial charge in [0.05, 0.1) is 17.7 Å². The van der Waals surface area contributed by atoms with Crippen LogP contribution in [0.4, 0.5) is 5.82 Å². The highest BCUT2D eigenvalue weighted by Gasteiger charge is 2.16. The van der Waals surface area contributed by atoms with Crippen LogP contribution >= 0.6 is 23.4 Å². The van der Waals surface area contributed by atoms with Gasteiger partial charge in [0, 0.05) is 11.1 Å². The minimum Gasteiger partial charge on any atom is -0.480 e. The van der Waals surface area contributed by atoms with Gasteiger partial charge in [0.1, 0.15) is 16.7 Å². The lowest BCUT2D eigenvalue weighted by Crippen LogP contribution is -2.01. The van der Waals surface area contributed by atoms with Gasteiger partial charge in [-0.3, -0.25) is 0 Å². The monoisotopic (exact) mass is 340 g/mol. The van der Waals surface area contributed by atoms with Crippen molar-refractivity contribution < 1.29 is 4.74 Å². The Morgan fingerprint density at radius 3 is 2.50 bits per heavy atom. The quantitative estimate of drug-likeness (QED) is 0.892. The van der Waals surface area contributed by atoms with Gasteiger partial charge >= 0.3 is 0 Å². The van der Waals surface area contributed by atoms with E-state index in [1.165, 1.54) is 11.8 Å². The van der Waals surface area contributed by atoms with Gasteiger partial charge in [-0.05, 0) is 18.9 Å². The number of anilines is 1. The first-order valence-corrected chi connectivity index (χ1v) is 7.63. The minimum atomic E-state index is 0. The Bertz CT molecular complexity index is 664. The number of pyridine rings is 1. The Morgan fingerprint density at radius 1 is 1.27 bits per heavy atom. The average molecular weight is 341 g/mol. The van der Waals surface area contributed by atoms with E-state index in [0.717, 1.165) is 15.5 Å². The molecule has 0 aliphatic heterocycles. The minimum absolute atomic E-state index is 0. The number of nitrogens with zero attached hydrogens (tertiary/aromatic N) is 3. The third-order valence-corrected chi connectivity index (χ3v) is 4.15. The molecule has 0 atom stereocenters. The van der Waals surface area contributed by atoms with E-state index in [4.69, 9.17) is 22.1 Å². The first kappa shape index (κ1) is 18.5. The van der Waals surface area contributed by atoms with Crippen LogP contribution in [0.1, 0.15) is 38.7 Å². The molecule has 0 aromatic carbocycles. The summed E-state index contributed by atoms with van der Waals surface area (Å²) in [4.78, 5) is 14.5. The fourth-order valence-corrected chi connectivity index (χ4v) is 3.13. The van der Waals surface area contributed by atoms with Crippen molar-refractivity contribution in [3.05, 3.63) is 28.8 Å². The maximum atomic E-state index is 6.17. The number of hydrogen-bond acceptors (Lipinski definition) is 6. The van der Waals surface area contributed by atoms with Crippen molar-refractivity contribution >= 4 is 29.2 Å². The van der Waals surface area contributed by atoms with Crippen molar-refractivity contribution in [3.63, 3.8) is 0 Å². The molecule has 0 saturated carbocycles.